The van der Waals surface area contributed by atoms with Crippen LogP contribution in [0.25, 0.3) is 0 Å². The smallest absolute Gasteiger partial charge is 0.330 e. The standard InChI is InChI=1S/C14H17NO4S/c1-19-11-4-2-10(3-5-11)8-12(16)15-14(13(17)18)6-7-20-9-14/h2-5H,6-9H2,1H3,(H,15,16)(H,17,18). The Bertz CT molecular complexity index is 494. The number of thioether (sulfide) groups is 1. The van der Waals surface area contributed by atoms with Crippen molar-refractivity contribution in [2.75, 3.05) is 18.6 Å². The number of ether oxygens (including phenoxy) is 1. The Labute approximate surface area is 121 Å². The van der Waals surface area contributed by atoms with Gasteiger partial charge in [0.15, 0.2) is 0 Å². The van der Waals surface area contributed by atoms with Crippen molar-refractivity contribution in [1.29, 1.82) is 0 Å². The van der Waals surface area contributed by atoms with Gasteiger partial charge in [-0.25, -0.2) is 4.79 Å². The van der Waals surface area contributed by atoms with Crippen LogP contribution in [0.2, 0.25) is 0 Å². The molecule has 2 N–H and O–H groups in total. The Kier molecular flexibility index (Phi) is 4.54. The summed E-state index contributed by atoms with van der Waals surface area (Å²) in [4.78, 5) is 23.4. The summed E-state index contributed by atoms with van der Waals surface area (Å²) in [5.74, 6) is 0.695. The predicted molar refractivity (Wildman–Crippen MR) is 77.1 cm³/mol. The SMILES string of the molecule is COc1ccc(CC(=O)NC2(C(=O)O)CCSC2)cc1. The highest BCUT2D eigenvalue weighted by Gasteiger charge is 2.43. The van der Waals surface area contributed by atoms with Crippen LogP contribution in [0.1, 0.15) is 12.0 Å². The molecule has 2 rings (SSSR count). The van der Waals surface area contributed by atoms with Gasteiger partial charge in [-0.05, 0) is 29.9 Å². The number of carboxylic acid groups (broad SMARTS) is 1. The van der Waals surface area contributed by atoms with Crippen molar-refractivity contribution in [3.05, 3.63) is 29.8 Å². The molecule has 0 aromatic heterocycles. The number of carbonyl (C=O) groups is 2. The highest BCUT2D eigenvalue weighted by Crippen LogP contribution is 2.28. The zero-order chi connectivity index (χ0) is 14.6. The maximum absolute atomic E-state index is 12.0. The van der Waals surface area contributed by atoms with E-state index in [-0.39, 0.29) is 12.3 Å². The molecule has 0 bridgehead atoms. The number of methoxy groups -OCH3 is 1. The molecule has 1 aromatic rings. The molecule has 1 atom stereocenters. The van der Waals surface area contributed by atoms with Crippen molar-refractivity contribution in [2.24, 2.45) is 0 Å². The number of amides is 1. The lowest BCUT2D eigenvalue weighted by Crippen LogP contribution is -2.55. The van der Waals surface area contributed by atoms with Crippen LogP contribution in [0.3, 0.4) is 0 Å². The Hall–Kier alpha value is -1.69. The van der Waals surface area contributed by atoms with Gasteiger partial charge in [0.05, 0.1) is 13.5 Å². The first-order valence-electron chi connectivity index (χ1n) is 6.31. The molecule has 20 heavy (non-hydrogen) atoms. The van der Waals surface area contributed by atoms with Crippen molar-refractivity contribution in [3.8, 4) is 5.75 Å². The molecular formula is C14H17NO4S. The quantitative estimate of drug-likeness (QED) is 0.856. The van der Waals surface area contributed by atoms with Gasteiger partial charge in [0, 0.05) is 5.75 Å². The summed E-state index contributed by atoms with van der Waals surface area (Å²) in [6.07, 6.45) is 0.644. The predicted octanol–water partition coefficient (Wildman–Crippen LogP) is 1.31. The number of carboxylic acids is 1. The number of hydrogen-bond acceptors (Lipinski definition) is 4. The molecule has 0 saturated carbocycles. The van der Waals surface area contributed by atoms with E-state index < -0.39 is 11.5 Å². The van der Waals surface area contributed by atoms with Crippen molar-refractivity contribution >= 4 is 23.6 Å². The fourth-order valence-electron chi connectivity index (χ4n) is 2.13. The van der Waals surface area contributed by atoms with Crippen LogP contribution in [-0.4, -0.2) is 41.1 Å². The minimum atomic E-state index is -1.10. The summed E-state index contributed by atoms with van der Waals surface area (Å²) >= 11 is 1.55. The van der Waals surface area contributed by atoms with E-state index in [2.05, 4.69) is 5.32 Å². The molecule has 1 amide bonds. The van der Waals surface area contributed by atoms with Crippen molar-refractivity contribution < 1.29 is 19.4 Å². The Morgan fingerprint density at radius 3 is 2.60 bits per heavy atom. The largest absolute Gasteiger partial charge is 0.497 e. The van der Waals surface area contributed by atoms with E-state index in [1.54, 1.807) is 43.1 Å². The molecule has 1 aliphatic heterocycles. The van der Waals surface area contributed by atoms with E-state index >= 15 is 0 Å². The average molecular weight is 295 g/mol. The number of nitrogens with one attached hydrogen (secondary N) is 1. The van der Waals surface area contributed by atoms with E-state index in [0.717, 1.165) is 17.1 Å². The molecule has 1 aliphatic rings. The zero-order valence-electron chi connectivity index (χ0n) is 11.2. The van der Waals surface area contributed by atoms with E-state index in [0.29, 0.717) is 12.2 Å². The van der Waals surface area contributed by atoms with Gasteiger partial charge in [-0.2, -0.15) is 11.8 Å². The molecule has 1 saturated heterocycles. The summed E-state index contributed by atoms with van der Waals surface area (Å²) in [6.45, 7) is 0. The van der Waals surface area contributed by atoms with Crippen molar-refractivity contribution in [1.82, 2.24) is 5.32 Å². The molecule has 1 aromatic carbocycles. The third-order valence-electron chi connectivity index (χ3n) is 3.33. The minimum Gasteiger partial charge on any atom is -0.497 e. The summed E-state index contributed by atoms with van der Waals surface area (Å²) in [6, 6.07) is 7.16. The normalized spacial score (nSPS) is 21.4. The number of hydrogen-bond donors (Lipinski definition) is 2. The Morgan fingerprint density at radius 1 is 1.40 bits per heavy atom. The number of rotatable bonds is 5. The van der Waals surface area contributed by atoms with Gasteiger partial charge in [0.2, 0.25) is 5.91 Å². The first-order valence-corrected chi connectivity index (χ1v) is 7.46. The van der Waals surface area contributed by atoms with Crippen LogP contribution in [-0.2, 0) is 16.0 Å². The first-order chi connectivity index (χ1) is 9.55. The summed E-state index contributed by atoms with van der Waals surface area (Å²) in [7, 11) is 1.58. The van der Waals surface area contributed by atoms with Gasteiger partial charge in [-0.15, -0.1) is 0 Å². The number of aliphatic carboxylic acids is 1. The fraction of sp³-hybridized carbons (Fsp3) is 0.429. The Morgan fingerprint density at radius 2 is 2.10 bits per heavy atom. The van der Waals surface area contributed by atoms with Crippen molar-refractivity contribution in [3.63, 3.8) is 0 Å². The van der Waals surface area contributed by atoms with Gasteiger partial charge in [-0.1, -0.05) is 12.1 Å². The molecule has 1 heterocycles. The molecule has 108 valence electrons. The summed E-state index contributed by atoms with van der Waals surface area (Å²) in [5.41, 5.74) is -0.275. The van der Waals surface area contributed by atoms with Crippen LogP contribution < -0.4 is 10.1 Å². The molecule has 0 spiro atoms. The first kappa shape index (κ1) is 14.7. The summed E-state index contributed by atoms with van der Waals surface area (Å²) < 4.78 is 5.05. The van der Waals surface area contributed by atoms with Gasteiger partial charge in [0.25, 0.3) is 0 Å². The maximum Gasteiger partial charge on any atom is 0.330 e. The van der Waals surface area contributed by atoms with Gasteiger partial charge in [0.1, 0.15) is 11.3 Å². The second-order valence-electron chi connectivity index (χ2n) is 4.76. The molecule has 1 fully saturated rings. The monoisotopic (exact) mass is 295 g/mol. The lowest BCUT2D eigenvalue weighted by Gasteiger charge is -2.24. The van der Waals surface area contributed by atoms with Gasteiger partial charge < -0.3 is 15.2 Å². The van der Waals surface area contributed by atoms with Crippen molar-refractivity contribution in [2.45, 2.75) is 18.4 Å². The lowest BCUT2D eigenvalue weighted by atomic mass is 9.98. The fourth-order valence-corrected chi connectivity index (χ4v) is 3.45. The van der Waals surface area contributed by atoms with E-state index in [9.17, 15) is 14.7 Å². The molecule has 0 radical (unpaired) electrons. The lowest BCUT2D eigenvalue weighted by molar-refractivity contribution is -0.146. The number of benzene rings is 1. The van der Waals surface area contributed by atoms with Crippen LogP contribution >= 0.6 is 11.8 Å². The van der Waals surface area contributed by atoms with Crippen LogP contribution in [0.4, 0.5) is 0 Å². The molecule has 0 aliphatic carbocycles. The Balaban J connectivity index is 1.99. The molecule has 6 heteroatoms. The second kappa shape index (κ2) is 6.17. The molecule has 1 unspecified atom stereocenters. The molecule has 5 nitrogen and oxygen atoms in total. The molecular weight excluding hydrogens is 278 g/mol. The van der Waals surface area contributed by atoms with E-state index in [1.807, 2.05) is 0 Å². The zero-order valence-corrected chi connectivity index (χ0v) is 12.0. The second-order valence-corrected chi connectivity index (χ2v) is 5.87. The third-order valence-corrected chi connectivity index (χ3v) is 4.52. The van der Waals surface area contributed by atoms with E-state index in [1.165, 1.54) is 0 Å². The van der Waals surface area contributed by atoms with Gasteiger partial charge in [-0.3, -0.25) is 4.79 Å². The highest BCUT2D eigenvalue weighted by atomic mass is 32.2. The maximum atomic E-state index is 12.0. The minimum absolute atomic E-state index is 0.170. The third kappa shape index (κ3) is 3.25. The van der Waals surface area contributed by atoms with Crippen LogP contribution in [0.5, 0.6) is 5.75 Å². The summed E-state index contributed by atoms with van der Waals surface area (Å²) in [5, 5.41) is 12.0. The number of carbonyl (C=O) groups excluding carboxylic acids is 1. The van der Waals surface area contributed by atoms with Crippen LogP contribution in [0, 0.1) is 0 Å². The highest BCUT2D eigenvalue weighted by molar-refractivity contribution is 7.99. The van der Waals surface area contributed by atoms with E-state index in [4.69, 9.17) is 4.74 Å². The topological polar surface area (TPSA) is 75.6 Å². The average Bonchev–Trinajstić information content (AvgIpc) is 2.89. The van der Waals surface area contributed by atoms with Crippen LogP contribution in [0.15, 0.2) is 24.3 Å². The van der Waals surface area contributed by atoms with Gasteiger partial charge >= 0.3 is 5.97 Å².